The van der Waals surface area contributed by atoms with Crippen LogP contribution >= 0.6 is 0 Å². The van der Waals surface area contributed by atoms with Crippen LogP contribution < -0.4 is 10.1 Å². The third-order valence-corrected chi connectivity index (χ3v) is 6.29. The van der Waals surface area contributed by atoms with Crippen LogP contribution in [0.15, 0.2) is 48.8 Å². The van der Waals surface area contributed by atoms with E-state index in [1.807, 2.05) is 32.0 Å². The fraction of sp³-hybridized carbons (Fsp3) is 0.346. The minimum Gasteiger partial charge on any atom is -0.438 e. The quantitative estimate of drug-likeness (QED) is 0.434. The van der Waals surface area contributed by atoms with Crippen molar-refractivity contribution >= 4 is 11.6 Å². The summed E-state index contributed by atoms with van der Waals surface area (Å²) in [5.41, 5.74) is 4.49. The third kappa shape index (κ3) is 4.87. The molecule has 176 valence electrons. The minimum atomic E-state index is -0.195. The second kappa shape index (κ2) is 9.38. The fourth-order valence-electron chi connectivity index (χ4n) is 4.66. The lowest BCUT2D eigenvalue weighted by Crippen LogP contribution is -2.38. The molecule has 7 nitrogen and oxygen atoms in total. The lowest BCUT2D eigenvalue weighted by atomic mass is 10.0. The second-order valence-corrected chi connectivity index (χ2v) is 9.10. The van der Waals surface area contributed by atoms with Crippen LogP contribution in [0.1, 0.15) is 35.1 Å². The number of nitrogens with one attached hydrogen (secondary N) is 1. The molecule has 0 spiro atoms. The van der Waals surface area contributed by atoms with Crippen molar-refractivity contribution < 1.29 is 9.13 Å². The van der Waals surface area contributed by atoms with Crippen molar-refractivity contribution in [3.8, 4) is 11.6 Å². The van der Waals surface area contributed by atoms with Gasteiger partial charge in [0.1, 0.15) is 23.7 Å². The maximum Gasteiger partial charge on any atom is 0.257 e. The van der Waals surface area contributed by atoms with Crippen molar-refractivity contribution in [2.24, 2.45) is 0 Å². The number of aryl methyl sites for hydroxylation is 3. The van der Waals surface area contributed by atoms with E-state index in [0.29, 0.717) is 17.7 Å². The zero-order valence-corrected chi connectivity index (χ0v) is 19.8. The number of fused-ring (bicyclic) bond motifs is 1. The molecule has 1 saturated heterocycles. The number of likely N-dealkylation sites (tertiary alicyclic amines) is 1. The summed E-state index contributed by atoms with van der Waals surface area (Å²) in [5.74, 6) is 2.44. The Morgan fingerprint density at radius 3 is 2.44 bits per heavy atom. The number of halogens is 1. The van der Waals surface area contributed by atoms with Gasteiger partial charge in [-0.2, -0.15) is 19.6 Å². The lowest BCUT2D eigenvalue weighted by molar-refractivity contribution is 0.211. The Balaban J connectivity index is 1.28. The first-order valence-corrected chi connectivity index (χ1v) is 11.6. The van der Waals surface area contributed by atoms with E-state index in [9.17, 15) is 4.39 Å². The van der Waals surface area contributed by atoms with Crippen LogP contribution in [0.4, 0.5) is 10.2 Å². The summed E-state index contributed by atoms with van der Waals surface area (Å²) in [6, 6.07) is 13.2. The van der Waals surface area contributed by atoms with Crippen LogP contribution in [0, 0.1) is 26.6 Å². The smallest absolute Gasteiger partial charge is 0.257 e. The molecular weight excluding hydrogens is 431 g/mol. The van der Waals surface area contributed by atoms with Gasteiger partial charge in [-0.1, -0.05) is 29.8 Å². The minimum absolute atomic E-state index is 0.195. The van der Waals surface area contributed by atoms with Gasteiger partial charge in [-0.15, -0.1) is 0 Å². The molecule has 8 heteroatoms. The molecule has 0 atom stereocenters. The molecule has 5 rings (SSSR count). The van der Waals surface area contributed by atoms with Crippen molar-refractivity contribution in [3.05, 3.63) is 76.9 Å². The van der Waals surface area contributed by atoms with Crippen LogP contribution in [-0.4, -0.2) is 43.6 Å². The van der Waals surface area contributed by atoms with Crippen molar-refractivity contribution in [2.45, 2.75) is 46.2 Å². The SMILES string of the molecule is Cc1cc(C)c(Oc2cc(NC3CCN(Cc4ccc(F)cc4)CC3)nc3ncnn23)c(C)c1. The summed E-state index contributed by atoms with van der Waals surface area (Å²) in [6.07, 6.45) is 3.47. The highest BCUT2D eigenvalue weighted by molar-refractivity contribution is 5.50. The summed E-state index contributed by atoms with van der Waals surface area (Å²) < 4.78 is 21.1. The van der Waals surface area contributed by atoms with E-state index in [4.69, 9.17) is 4.74 Å². The van der Waals surface area contributed by atoms with Gasteiger partial charge in [0.2, 0.25) is 5.88 Å². The van der Waals surface area contributed by atoms with Gasteiger partial charge in [-0.05, 0) is 62.4 Å². The summed E-state index contributed by atoms with van der Waals surface area (Å²) >= 11 is 0. The number of piperidine rings is 1. The average Bonchev–Trinajstić information content (AvgIpc) is 3.28. The standard InChI is InChI=1S/C26H29FN6O/c1-17-12-18(2)25(19(3)13-17)34-24-14-23(31-26-28-16-29-33(24)26)30-22-8-10-32(11-9-22)15-20-4-6-21(27)7-5-20/h4-7,12-14,16,22H,8-11,15H2,1-3H3,(H,28,29,30,31). The molecule has 2 aromatic heterocycles. The summed E-state index contributed by atoms with van der Waals surface area (Å²) in [5, 5.41) is 7.87. The molecule has 0 saturated carbocycles. The normalized spacial score (nSPS) is 15.1. The van der Waals surface area contributed by atoms with E-state index in [1.54, 1.807) is 4.52 Å². The number of hydrogen-bond acceptors (Lipinski definition) is 6. The van der Waals surface area contributed by atoms with E-state index in [0.717, 1.165) is 60.7 Å². The third-order valence-electron chi connectivity index (χ3n) is 6.29. The zero-order valence-electron chi connectivity index (χ0n) is 19.8. The molecule has 1 N–H and O–H groups in total. The van der Waals surface area contributed by atoms with E-state index in [1.165, 1.54) is 24.0 Å². The Hall–Kier alpha value is -3.52. The molecule has 0 radical (unpaired) electrons. The van der Waals surface area contributed by atoms with Crippen molar-refractivity contribution in [1.29, 1.82) is 0 Å². The Bertz CT molecular complexity index is 1270. The number of rotatable bonds is 6. The zero-order chi connectivity index (χ0) is 23.7. The predicted octanol–water partition coefficient (Wildman–Crippen LogP) is 5.06. The van der Waals surface area contributed by atoms with Gasteiger partial charge < -0.3 is 10.1 Å². The maximum absolute atomic E-state index is 13.2. The van der Waals surface area contributed by atoms with Crippen LogP contribution in [0.3, 0.4) is 0 Å². The van der Waals surface area contributed by atoms with Crippen molar-refractivity contribution in [2.75, 3.05) is 18.4 Å². The van der Waals surface area contributed by atoms with Gasteiger partial charge in [-0.3, -0.25) is 4.90 Å². The largest absolute Gasteiger partial charge is 0.438 e. The number of ether oxygens (including phenoxy) is 1. The topological polar surface area (TPSA) is 67.6 Å². The van der Waals surface area contributed by atoms with Gasteiger partial charge in [0.15, 0.2) is 0 Å². The summed E-state index contributed by atoms with van der Waals surface area (Å²) in [4.78, 5) is 11.3. The van der Waals surface area contributed by atoms with Crippen LogP contribution in [-0.2, 0) is 6.54 Å². The second-order valence-electron chi connectivity index (χ2n) is 9.10. The van der Waals surface area contributed by atoms with Crippen LogP contribution in [0.25, 0.3) is 5.78 Å². The molecule has 0 amide bonds. The average molecular weight is 461 g/mol. The first kappa shape index (κ1) is 22.3. The van der Waals surface area contributed by atoms with Gasteiger partial charge in [-0.25, -0.2) is 4.39 Å². The van der Waals surface area contributed by atoms with Gasteiger partial charge >= 0.3 is 0 Å². The molecule has 1 fully saturated rings. The summed E-state index contributed by atoms with van der Waals surface area (Å²) in [7, 11) is 0. The Morgan fingerprint density at radius 1 is 1.03 bits per heavy atom. The van der Waals surface area contributed by atoms with Gasteiger partial charge in [0, 0.05) is 31.7 Å². The van der Waals surface area contributed by atoms with Gasteiger partial charge in [0.05, 0.1) is 0 Å². The Morgan fingerprint density at radius 2 is 1.74 bits per heavy atom. The molecule has 3 heterocycles. The highest BCUT2D eigenvalue weighted by Crippen LogP contribution is 2.31. The lowest BCUT2D eigenvalue weighted by Gasteiger charge is -2.32. The Labute approximate surface area is 198 Å². The molecule has 4 aromatic rings. The van der Waals surface area contributed by atoms with Crippen LogP contribution in [0.2, 0.25) is 0 Å². The molecular formula is C26H29FN6O. The highest BCUT2D eigenvalue weighted by Gasteiger charge is 2.21. The molecule has 1 aliphatic heterocycles. The van der Waals surface area contributed by atoms with E-state index in [-0.39, 0.29) is 5.82 Å². The van der Waals surface area contributed by atoms with E-state index in [2.05, 4.69) is 44.3 Å². The molecule has 2 aromatic carbocycles. The first-order chi connectivity index (χ1) is 16.4. The number of hydrogen-bond donors (Lipinski definition) is 1. The summed E-state index contributed by atoms with van der Waals surface area (Å²) in [6.45, 7) is 8.95. The first-order valence-electron chi connectivity index (χ1n) is 11.6. The molecule has 0 aliphatic carbocycles. The van der Waals surface area contributed by atoms with Crippen LogP contribution in [0.5, 0.6) is 11.6 Å². The van der Waals surface area contributed by atoms with Gasteiger partial charge in [0.25, 0.3) is 5.78 Å². The number of nitrogens with zero attached hydrogens (tertiary/aromatic N) is 5. The van der Waals surface area contributed by atoms with E-state index >= 15 is 0 Å². The highest BCUT2D eigenvalue weighted by atomic mass is 19.1. The molecule has 0 unspecified atom stereocenters. The van der Waals surface area contributed by atoms with Crippen molar-refractivity contribution in [3.63, 3.8) is 0 Å². The molecule has 34 heavy (non-hydrogen) atoms. The number of benzene rings is 2. The fourth-order valence-corrected chi connectivity index (χ4v) is 4.66. The Kier molecular flexibility index (Phi) is 6.15. The monoisotopic (exact) mass is 460 g/mol. The number of anilines is 1. The number of aromatic nitrogens is 4. The van der Waals surface area contributed by atoms with Crippen molar-refractivity contribution in [1.82, 2.24) is 24.5 Å². The predicted molar refractivity (Wildman–Crippen MR) is 130 cm³/mol. The maximum atomic E-state index is 13.2. The van der Waals surface area contributed by atoms with E-state index < -0.39 is 0 Å². The molecule has 0 bridgehead atoms. The molecule has 1 aliphatic rings.